The first kappa shape index (κ1) is 22.9. The van der Waals surface area contributed by atoms with Crippen LogP contribution in [0.15, 0.2) is 48.5 Å². The topological polar surface area (TPSA) is 78.8 Å². The third-order valence-electron chi connectivity index (χ3n) is 5.72. The van der Waals surface area contributed by atoms with Gasteiger partial charge < -0.3 is 20.3 Å². The van der Waals surface area contributed by atoms with Crippen LogP contribution in [0.1, 0.15) is 66.9 Å². The number of esters is 1. The Morgan fingerprint density at radius 2 is 1.84 bits per heavy atom. The zero-order valence-corrected chi connectivity index (χ0v) is 18.2. The second kappa shape index (κ2) is 11.6. The number of hydrogen-bond acceptors (Lipinski definition) is 5. The number of benzene rings is 2. The highest BCUT2D eigenvalue weighted by molar-refractivity contribution is 5.97. The zero-order chi connectivity index (χ0) is 22.1. The molecule has 5 nitrogen and oxygen atoms in total. The van der Waals surface area contributed by atoms with Crippen LogP contribution in [0, 0.1) is 0 Å². The highest BCUT2D eigenvalue weighted by Gasteiger charge is 2.21. The van der Waals surface area contributed by atoms with Gasteiger partial charge in [-0.3, -0.25) is 0 Å². The van der Waals surface area contributed by atoms with Crippen LogP contribution in [-0.2, 0) is 11.2 Å². The normalized spacial score (nSPS) is 20.5. The molecule has 0 aromatic heterocycles. The molecule has 0 radical (unpaired) electrons. The molecule has 3 N–H and O–H groups in total. The maximum absolute atomic E-state index is 12.6. The summed E-state index contributed by atoms with van der Waals surface area (Å²) in [7, 11) is 0. The van der Waals surface area contributed by atoms with Gasteiger partial charge in [0.15, 0.2) is 0 Å². The average Bonchev–Trinajstić information content (AvgIpc) is 2.72. The zero-order valence-electron chi connectivity index (χ0n) is 18.2. The number of nitrogens with one attached hydrogen (secondary N) is 1. The first-order valence-corrected chi connectivity index (χ1v) is 11.2. The van der Waals surface area contributed by atoms with Crippen molar-refractivity contribution in [3.8, 4) is 11.5 Å². The predicted molar refractivity (Wildman–Crippen MR) is 123 cm³/mol. The van der Waals surface area contributed by atoms with Crippen molar-refractivity contribution in [1.82, 2.24) is 5.32 Å². The number of rotatable bonds is 4. The van der Waals surface area contributed by atoms with Crippen molar-refractivity contribution in [3.05, 3.63) is 65.2 Å². The Bertz CT molecular complexity index is 878. The maximum Gasteiger partial charge on any atom is 0.342 e. The summed E-state index contributed by atoms with van der Waals surface area (Å²) < 4.78 is 5.58. The molecule has 2 atom stereocenters. The summed E-state index contributed by atoms with van der Waals surface area (Å²) in [5.74, 6) is -0.892. The summed E-state index contributed by atoms with van der Waals surface area (Å²) in [5.41, 5.74) is 1.92. The summed E-state index contributed by atoms with van der Waals surface area (Å²) in [6.07, 6.45) is 10.3. The van der Waals surface area contributed by atoms with Crippen LogP contribution in [-0.4, -0.2) is 34.9 Å². The molecular formula is C26H33NO4. The third kappa shape index (κ3) is 7.14. The Morgan fingerprint density at radius 3 is 2.65 bits per heavy atom. The number of phenolic OH excluding ortho intramolecular Hbond substituents is 2. The number of cyclic esters (lactones) is 1. The van der Waals surface area contributed by atoms with Crippen molar-refractivity contribution in [2.75, 3.05) is 6.54 Å². The van der Waals surface area contributed by atoms with Gasteiger partial charge in [0, 0.05) is 12.1 Å². The van der Waals surface area contributed by atoms with Crippen LogP contribution in [0.2, 0.25) is 0 Å². The lowest BCUT2D eigenvalue weighted by Crippen LogP contribution is -2.31. The molecule has 0 unspecified atom stereocenters. The SMILES string of the molecule is C[C@@H]1CCC[C@@H](NCCc2ccccc2)CCCC=Cc2cc(O)cc(O)c2C(=O)O1. The van der Waals surface area contributed by atoms with E-state index in [1.807, 2.05) is 19.1 Å². The summed E-state index contributed by atoms with van der Waals surface area (Å²) in [6.45, 7) is 2.83. The Balaban J connectivity index is 1.65. The summed E-state index contributed by atoms with van der Waals surface area (Å²) in [4.78, 5) is 12.6. The van der Waals surface area contributed by atoms with Crippen molar-refractivity contribution in [3.63, 3.8) is 0 Å². The quantitative estimate of drug-likeness (QED) is 0.588. The second-order valence-corrected chi connectivity index (χ2v) is 8.30. The first-order valence-electron chi connectivity index (χ1n) is 11.2. The van der Waals surface area contributed by atoms with E-state index in [4.69, 9.17) is 4.74 Å². The number of allylic oxidation sites excluding steroid dienone is 1. The lowest BCUT2D eigenvalue weighted by molar-refractivity contribution is 0.0315. The molecular weight excluding hydrogens is 390 g/mol. The smallest absolute Gasteiger partial charge is 0.342 e. The van der Waals surface area contributed by atoms with E-state index in [1.54, 1.807) is 6.08 Å². The Hall–Kier alpha value is -2.79. The van der Waals surface area contributed by atoms with E-state index in [2.05, 4.69) is 29.6 Å². The molecule has 166 valence electrons. The molecule has 2 aromatic rings. The van der Waals surface area contributed by atoms with Crippen LogP contribution >= 0.6 is 0 Å². The highest BCUT2D eigenvalue weighted by Crippen LogP contribution is 2.30. The molecule has 5 heteroatoms. The Morgan fingerprint density at radius 1 is 1.06 bits per heavy atom. The van der Waals surface area contributed by atoms with E-state index < -0.39 is 5.97 Å². The molecule has 0 saturated carbocycles. The molecule has 0 amide bonds. The van der Waals surface area contributed by atoms with Crippen molar-refractivity contribution >= 4 is 12.0 Å². The molecule has 31 heavy (non-hydrogen) atoms. The van der Waals surface area contributed by atoms with Crippen LogP contribution in [0.3, 0.4) is 0 Å². The number of fused-ring (bicyclic) bond motifs is 1. The fourth-order valence-electron chi connectivity index (χ4n) is 4.05. The van der Waals surface area contributed by atoms with Gasteiger partial charge in [0.05, 0.1) is 6.10 Å². The van der Waals surface area contributed by atoms with Gasteiger partial charge in [-0.25, -0.2) is 4.79 Å². The molecule has 0 saturated heterocycles. The van der Waals surface area contributed by atoms with Crippen LogP contribution in [0.25, 0.3) is 6.08 Å². The molecule has 1 aliphatic rings. The van der Waals surface area contributed by atoms with E-state index in [9.17, 15) is 15.0 Å². The van der Waals surface area contributed by atoms with E-state index in [0.717, 1.165) is 51.5 Å². The minimum atomic E-state index is -0.556. The Labute approximate surface area is 184 Å². The maximum atomic E-state index is 12.6. The van der Waals surface area contributed by atoms with Gasteiger partial charge in [0.25, 0.3) is 0 Å². The number of ether oxygens (including phenoxy) is 1. The Kier molecular flexibility index (Phi) is 8.53. The predicted octanol–water partition coefficient (Wildman–Crippen LogP) is 5.21. The minimum absolute atomic E-state index is 0.0782. The van der Waals surface area contributed by atoms with Crippen LogP contribution < -0.4 is 5.32 Å². The van der Waals surface area contributed by atoms with Crippen LogP contribution in [0.4, 0.5) is 0 Å². The van der Waals surface area contributed by atoms with Gasteiger partial charge in [-0.15, -0.1) is 0 Å². The van der Waals surface area contributed by atoms with E-state index in [-0.39, 0.29) is 23.2 Å². The van der Waals surface area contributed by atoms with E-state index in [1.165, 1.54) is 17.7 Å². The lowest BCUT2D eigenvalue weighted by Gasteiger charge is -2.21. The third-order valence-corrected chi connectivity index (χ3v) is 5.72. The van der Waals surface area contributed by atoms with E-state index >= 15 is 0 Å². The lowest BCUT2D eigenvalue weighted by atomic mass is 10.00. The average molecular weight is 424 g/mol. The summed E-state index contributed by atoms with van der Waals surface area (Å²) in [6, 6.07) is 13.6. The van der Waals surface area contributed by atoms with Crippen molar-refractivity contribution in [2.45, 2.75) is 64.0 Å². The fourth-order valence-corrected chi connectivity index (χ4v) is 4.05. The van der Waals surface area contributed by atoms with Gasteiger partial charge in [-0.05, 0) is 75.6 Å². The van der Waals surface area contributed by atoms with Crippen molar-refractivity contribution < 1.29 is 19.7 Å². The molecule has 0 aliphatic carbocycles. The van der Waals surface area contributed by atoms with E-state index in [0.29, 0.717) is 11.6 Å². The summed E-state index contributed by atoms with van der Waals surface area (Å²) >= 11 is 0. The number of phenols is 2. The van der Waals surface area contributed by atoms with Crippen molar-refractivity contribution in [1.29, 1.82) is 0 Å². The van der Waals surface area contributed by atoms with Gasteiger partial charge in [-0.2, -0.15) is 0 Å². The monoisotopic (exact) mass is 423 g/mol. The number of carbonyl (C=O) groups excluding carboxylic acids is 1. The fraction of sp³-hybridized carbons (Fsp3) is 0.423. The molecule has 1 aliphatic heterocycles. The number of aromatic hydroxyl groups is 2. The van der Waals surface area contributed by atoms with Gasteiger partial charge >= 0.3 is 5.97 Å². The molecule has 1 heterocycles. The number of hydrogen-bond donors (Lipinski definition) is 3. The van der Waals surface area contributed by atoms with Gasteiger partial charge in [-0.1, -0.05) is 42.5 Å². The summed E-state index contributed by atoms with van der Waals surface area (Å²) in [5, 5.41) is 23.7. The molecule has 2 aromatic carbocycles. The van der Waals surface area contributed by atoms with Gasteiger partial charge in [0.1, 0.15) is 17.1 Å². The molecule has 0 fully saturated rings. The molecule has 0 spiro atoms. The van der Waals surface area contributed by atoms with Crippen LogP contribution in [0.5, 0.6) is 11.5 Å². The number of carbonyl (C=O) groups is 1. The highest BCUT2D eigenvalue weighted by atomic mass is 16.5. The first-order chi connectivity index (χ1) is 15.0. The molecule has 0 bridgehead atoms. The van der Waals surface area contributed by atoms with Crippen molar-refractivity contribution in [2.24, 2.45) is 0 Å². The second-order valence-electron chi connectivity index (χ2n) is 8.30. The molecule has 3 rings (SSSR count). The van der Waals surface area contributed by atoms with Gasteiger partial charge in [0.2, 0.25) is 0 Å². The minimum Gasteiger partial charge on any atom is -0.508 e. The standard InChI is InChI=1S/C26H33NO4/c1-19-9-8-14-22(27-16-15-20-10-4-2-5-11-20)13-7-3-6-12-21-17-23(28)18-24(29)25(21)26(30)31-19/h2,4-6,10-12,17-19,22,27-29H,3,7-9,13-16H2,1H3/t19-,22+/m1/s1. The largest absolute Gasteiger partial charge is 0.508 e.